The summed E-state index contributed by atoms with van der Waals surface area (Å²) in [6.07, 6.45) is 19.3. The summed E-state index contributed by atoms with van der Waals surface area (Å²) in [5.74, 6) is -1.70. The molecular formula is C27H46N2O5. The largest absolute Gasteiger partial charge is 0.462 e. The van der Waals surface area contributed by atoms with Crippen LogP contribution in [0.5, 0.6) is 0 Å². The van der Waals surface area contributed by atoms with Gasteiger partial charge in [-0.25, -0.2) is 4.79 Å². The Labute approximate surface area is 205 Å². The Bertz CT molecular complexity index is 742. The van der Waals surface area contributed by atoms with Gasteiger partial charge in [-0.2, -0.15) is 0 Å². The quantitative estimate of drug-likeness (QED) is 0.154. The molecule has 3 N–H and O–H groups in total. The molecule has 0 aliphatic heterocycles. The third-order valence-corrected chi connectivity index (χ3v) is 6.07. The minimum atomic E-state index is -0.845. The maximum atomic E-state index is 12.3. The topological polar surface area (TPSA) is 112 Å². The number of nitrogens with one attached hydrogen (secondary N) is 1. The van der Waals surface area contributed by atoms with Gasteiger partial charge in [0.15, 0.2) is 0 Å². The highest BCUT2D eigenvalue weighted by atomic mass is 16.5. The Balaban J connectivity index is 2.17. The van der Waals surface area contributed by atoms with E-state index in [0.29, 0.717) is 6.42 Å². The van der Waals surface area contributed by atoms with Crippen LogP contribution < -0.4 is 11.1 Å². The summed E-state index contributed by atoms with van der Waals surface area (Å²) in [6, 6.07) is 0. The number of unbranched alkanes of at least 4 members (excludes halogenated alkanes) is 14. The lowest BCUT2D eigenvalue weighted by Crippen LogP contribution is -2.20. The molecule has 0 aliphatic carbocycles. The first-order chi connectivity index (χ1) is 16.4. The van der Waals surface area contributed by atoms with E-state index in [-0.39, 0.29) is 35.3 Å². The predicted octanol–water partition coefficient (Wildman–Crippen LogP) is 7.06. The molecule has 34 heavy (non-hydrogen) atoms. The van der Waals surface area contributed by atoms with Crippen molar-refractivity contribution in [3.8, 4) is 0 Å². The van der Waals surface area contributed by atoms with Crippen LogP contribution in [-0.2, 0) is 9.53 Å². The molecule has 0 saturated carbocycles. The van der Waals surface area contributed by atoms with Gasteiger partial charge in [0, 0.05) is 6.42 Å². The molecule has 0 radical (unpaired) electrons. The third kappa shape index (κ3) is 11.7. The van der Waals surface area contributed by atoms with Crippen LogP contribution in [0.2, 0.25) is 0 Å². The van der Waals surface area contributed by atoms with Crippen molar-refractivity contribution >= 4 is 23.7 Å². The van der Waals surface area contributed by atoms with Crippen molar-refractivity contribution in [3.05, 3.63) is 16.9 Å². The van der Waals surface area contributed by atoms with Gasteiger partial charge in [0.05, 0.1) is 6.61 Å². The first kappa shape index (κ1) is 29.7. The van der Waals surface area contributed by atoms with Crippen molar-refractivity contribution in [1.82, 2.24) is 0 Å². The molecule has 0 aromatic carbocycles. The zero-order valence-corrected chi connectivity index (χ0v) is 21.6. The van der Waals surface area contributed by atoms with E-state index in [4.69, 9.17) is 14.9 Å². The Kier molecular flexibility index (Phi) is 15.8. The Hall–Kier alpha value is -2.31. The van der Waals surface area contributed by atoms with Crippen molar-refractivity contribution in [1.29, 1.82) is 0 Å². The average Bonchev–Trinajstić information content (AvgIpc) is 3.12. The number of carbonyl (C=O) groups is 3. The minimum absolute atomic E-state index is 0.0309. The van der Waals surface area contributed by atoms with Crippen molar-refractivity contribution in [2.24, 2.45) is 5.73 Å². The summed E-state index contributed by atoms with van der Waals surface area (Å²) in [5, 5.41) is 2.59. The van der Waals surface area contributed by atoms with E-state index in [1.807, 2.05) is 0 Å². The van der Waals surface area contributed by atoms with Crippen LogP contribution in [0.25, 0.3) is 0 Å². The molecule has 1 aromatic rings. The van der Waals surface area contributed by atoms with Crippen LogP contribution in [0, 0.1) is 6.92 Å². The van der Waals surface area contributed by atoms with E-state index in [1.54, 1.807) is 6.92 Å². The van der Waals surface area contributed by atoms with Gasteiger partial charge in [-0.05, 0) is 20.3 Å². The fourth-order valence-corrected chi connectivity index (χ4v) is 4.16. The van der Waals surface area contributed by atoms with Crippen LogP contribution in [0.1, 0.15) is 143 Å². The minimum Gasteiger partial charge on any atom is -0.462 e. The predicted molar refractivity (Wildman–Crippen MR) is 136 cm³/mol. The lowest BCUT2D eigenvalue weighted by atomic mass is 10.0. The SMILES string of the molecule is CCCCCCCCCCCCCCCCCC(=O)Nc1oc(C)c(C(=O)OCC)c1C(N)=O. The van der Waals surface area contributed by atoms with Gasteiger partial charge in [0.25, 0.3) is 5.91 Å². The number of furan rings is 1. The lowest BCUT2D eigenvalue weighted by molar-refractivity contribution is -0.116. The first-order valence-electron chi connectivity index (χ1n) is 13.3. The number of primary amides is 1. The highest BCUT2D eigenvalue weighted by molar-refractivity contribution is 6.10. The molecular weight excluding hydrogens is 432 g/mol. The first-order valence-corrected chi connectivity index (χ1v) is 13.3. The molecule has 7 nitrogen and oxygen atoms in total. The Morgan fingerprint density at radius 3 is 1.68 bits per heavy atom. The van der Waals surface area contributed by atoms with Gasteiger partial charge in [-0.1, -0.05) is 96.8 Å². The number of anilines is 1. The van der Waals surface area contributed by atoms with Gasteiger partial charge >= 0.3 is 5.97 Å². The number of esters is 1. The van der Waals surface area contributed by atoms with E-state index >= 15 is 0 Å². The molecule has 1 rings (SSSR count). The molecule has 194 valence electrons. The highest BCUT2D eigenvalue weighted by Gasteiger charge is 2.28. The molecule has 0 unspecified atom stereocenters. The fourth-order valence-electron chi connectivity index (χ4n) is 4.16. The molecule has 7 heteroatoms. The van der Waals surface area contributed by atoms with Crippen LogP contribution in [0.3, 0.4) is 0 Å². The maximum absolute atomic E-state index is 12.3. The number of carbonyl (C=O) groups excluding carboxylic acids is 3. The zero-order chi connectivity index (χ0) is 25.2. The van der Waals surface area contributed by atoms with Gasteiger partial charge in [-0.15, -0.1) is 0 Å². The van der Waals surface area contributed by atoms with Crippen LogP contribution >= 0.6 is 0 Å². The van der Waals surface area contributed by atoms with Gasteiger partial charge in [0.2, 0.25) is 11.8 Å². The second-order valence-electron chi connectivity index (χ2n) is 9.07. The lowest BCUT2D eigenvalue weighted by Gasteiger charge is -2.05. The van der Waals surface area contributed by atoms with Crippen LogP contribution in [0.4, 0.5) is 5.88 Å². The van der Waals surface area contributed by atoms with Crippen LogP contribution in [0.15, 0.2) is 4.42 Å². The van der Waals surface area contributed by atoms with Crippen molar-refractivity contribution < 1.29 is 23.5 Å². The fraction of sp³-hybridized carbons (Fsp3) is 0.741. The number of hydrogen-bond donors (Lipinski definition) is 2. The summed E-state index contributed by atoms with van der Waals surface area (Å²) in [6.45, 7) is 5.61. The van der Waals surface area contributed by atoms with E-state index in [9.17, 15) is 14.4 Å². The molecule has 1 heterocycles. The molecule has 0 bridgehead atoms. The molecule has 2 amide bonds. The summed E-state index contributed by atoms with van der Waals surface area (Å²) < 4.78 is 10.4. The van der Waals surface area contributed by atoms with Gasteiger partial charge < -0.3 is 14.9 Å². The summed E-state index contributed by atoms with van der Waals surface area (Å²) in [7, 11) is 0. The van der Waals surface area contributed by atoms with E-state index in [1.165, 1.54) is 84.0 Å². The monoisotopic (exact) mass is 478 g/mol. The van der Waals surface area contributed by atoms with Crippen molar-refractivity contribution in [2.45, 2.75) is 124 Å². The number of hydrogen-bond acceptors (Lipinski definition) is 5. The van der Waals surface area contributed by atoms with Gasteiger partial charge in [-0.3, -0.25) is 14.9 Å². The molecule has 0 fully saturated rings. The van der Waals surface area contributed by atoms with Crippen molar-refractivity contribution in [3.63, 3.8) is 0 Å². The number of nitrogens with two attached hydrogens (primary N) is 1. The van der Waals surface area contributed by atoms with E-state index in [0.717, 1.165) is 19.3 Å². The number of aryl methyl sites for hydroxylation is 1. The van der Waals surface area contributed by atoms with Crippen molar-refractivity contribution in [2.75, 3.05) is 11.9 Å². The van der Waals surface area contributed by atoms with Gasteiger partial charge in [0.1, 0.15) is 16.9 Å². The average molecular weight is 479 g/mol. The standard InChI is InChI=1S/C27H46N2O5/c1-4-6-7-8-9-10-11-12-13-14-15-16-17-18-19-20-22(30)29-26-24(25(28)31)23(21(3)34-26)27(32)33-5-2/h4-20H2,1-3H3,(H2,28,31)(H,29,30). The van der Waals surface area contributed by atoms with Crippen LogP contribution in [-0.4, -0.2) is 24.4 Å². The Morgan fingerprint density at radius 1 is 0.765 bits per heavy atom. The molecule has 0 aliphatic rings. The summed E-state index contributed by atoms with van der Waals surface area (Å²) in [4.78, 5) is 36.3. The second-order valence-corrected chi connectivity index (χ2v) is 9.07. The molecule has 0 atom stereocenters. The maximum Gasteiger partial charge on any atom is 0.342 e. The zero-order valence-electron chi connectivity index (χ0n) is 21.6. The smallest absolute Gasteiger partial charge is 0.342 e. The normalized spacial score (nSPS) is 10.9. The van der Waals surface area contributed by atoms with E-state index in [2.05, 4.69) is 12.2 Å². The second kappa shape index (κ2) is 18.1. The third-order valence-electron chi connectivity index (χ3n) is 6.07. The summed E-state index contributed by atoms with van der Waals surface area (Å²) in [5.41, 5.74) is 5.25. The molecule has 1 aromatic heterocycles. The molecule has 0 spiro atoms. The number of rotatable bonds is 20. The number of amides is 2. The Morgan fingerprint density at radius 2 is 1.24 bits per heavy atom. The highest BCUT2D eigenvalue weighted by Crippen LogP contribution is 2.28. The van der Waals surface area contributed by atoms with E-state index < -0.39 is 11.9 Å². The molecule has 0 saturated heterocycles. The summed E-state index contributed by atoms with van der Waals surface area (Å²) >= 11 is 0. The number of ether oxygens (including phenoxy) is 1.